The van der Waals surface area contributed by atoms with E-state index in [0.717, 1.165) is 0 Å². The summed E-state index contributed by atoms with van der Waals surface area (Å²) in [7, 11) is 0. The summed E-state index contributed by atoms with van der Waals surface area (Å²) < 4.78 is 18.7. The summed E-state index contributed by atoms with van der Waals surface area (Å²) >= 11 is 0. The lowest BCUT2D eigenvalue weighted by Gasteiger charge is -2.09. The van der Waals surface area contributed by atoms with Crippen molar-refractivity contribution in [1.29, 1.82) is 0 Å². The van der Waals surface area contributed by atoms with Crippen molar-refractivity contribution in [2.45, 2.75) is 20.8 Å². The number of carbonyl (C=O) groups excluding carboxylic acids is 1. The molecule has 0 bridgehead atoms. The van der Waals surface area contributed by atoms with Crippen molar-refractivity contribution < 1.29 is 13.9 Å². The maximum atomic E-state index is 13.6. The second-order valence-electron chi connectivity index (χ2n) is 3.06. The van der Waals surface area contributed by atoms with Crippen molar-refractivity contribution in [2.75, 3.05) is 6.61 Å². The molecule has 1 rings (SSSR count). The third-order valence-electron chi connectivity index (χ3n) is 1.97. The van der Waals surface area contributed by atoms with E-state index in [2.05, 4.69) is 0 Å². The van der Waals surface area contributed by atoms with Crippen molar-refractivity contribution in [3.05, 3.63) is 29.1 Å². The van der Waals surface area contributed by atoms with E-state index in [1.807, 2.05) is 0 Å². The van der Waals surface area contributed by atoms with Gasteiger partial charge in [-0.2, -0.15) is 0 Å². The Hall–Kier alpha value is -1.38. The number of rotatable bonds is 3. The van der Waals surface area contributed by atoms with Gasteiger partial charge in [0.15, 0.2) is 17.3 Å². The van der Waals surface area contributed by atoms with Crippen LogP contribution < -0.4 is 4.74 Å². The van der Waals surface area contributed by atoms with E-state index in [0.29, 0.717) is 12.2 Å². The molecule has 0 saturated heterocycles. The van der Waals surface area contributed by atoms with Crippen LogP contribution in [0, 0.1) is 12.7 Å². The Morgan fingerprint density at radius 3 is 2.64 bits per heavy atom. The Balaban J connectivity index is 3.26. The van der Waals surface area contributed by atoms with Crippen LogP contribution in [0.5, 0.6) is 5.75 Å². The molecule has 0 aliphatic heterocycles. The highest BCUT2D eigenvalue weighted by atomic mass is 19.1. The number of ether oxygens (including phenoxy) is 1. The van der Waals surface area contributed by atoms with E-state index in [1.54, 1.807) is 26.0 Å². The lowest BCUT2D eigenvalue weighted by Crippen LogP contribution is -2.04. The Bertz CT molecular complexity index is 359. The molecule has 0 saturated carbocycles. The Morgan fingerprint density at radius 1 is 1.50 bits per heavy atom. The molecule has 3 heteroatoms. The normalized spacial score (nSPS) is 10.0. The molecular formula is C11H13FO2. The van der Waals surface area contributed by atoms with Gasteiger partial charge in [0.2, 0.25) is 0 Å². The second kappa shape index (κ2) is 4.22. The Morgan fingerprint density at radius 2 is 2.14 bits per heavy atom. The average molecular weight is 196 g/mol. The van der Waals surface area contributed by atoms with Crippen LogP contribution in [-0.4, -0.2) is 12.4 Å². The van der Waals surface area contributed by atoms with Crippen molar-refractivity contribution in [1.82, 2.24) is 0 Å². The molecule has 0 atom stereocenters. The molecule has 0 amide bonds. The van der Waals surface area contributed by atoms with E-state index < -0.39 is 5.82 Å². The van der Waals surface area contributed by atoms with E-state index >= 15 is 0 Å². The zero-order valence-corrected chi connectivity index (χ0v) is 8.56. The molecule has 0 unspecified atom stereocenters. The quantitative estimate of drug-likeness (QED) is 0.695. The largest absolute Gasteiger partial charge is 0.491 e. The molecule has 0 radical (unpaired) electrons. The maximum Gasteiger partial charge on any atom is 0.176 e. The van der Waals surface area contributed by atoms with Crippen LogP contribution in [0.4, 0.5) is 4.39 Å². The summed E-state index contributed by atoms with van der Waals surface area (Å²) in [5.74, 6) is -0.691. The fourth-order valence-electron chi connectivity index (χ4n) is 1.35. The maximum absolute atomic E-state index is 13.6. The van der Waals surface area contributed by atoms with Gasteiger partial charge in [0.1, 0.15) is 0 Å². The Kier molecular flexibility index (Phi) is 3.23. The number of hydrogen-bond donors (Lipinski definition) is 0. The lowest BCUT2D eigenvalue weighted by atomic mass is 10.0. The summed E-state index contributed by atoms with van der Waals surface area (Å²) in [5, 5.41) is 0. The zero-order valence-electron chi connectivity index (χ0n) is 8.56. The fourth-order valence-corrected chi connectivity index (χ4v) is 1.35. The molecule has 0 aliphatic carbocycles. The van der Waals surface area contributed by atoms with Crippen molar-refractivity contribution >= 4 is 5.78 Å². The van der Waals surface area contributed by atoms with Gasteiger partial charge < -0.3 is 4.74 Å². The molecule has 14 heavy (non-hydrogen) atoms. The first-order chi connectivity index (χ1) is 6.57. The van der Waals surface area contributed by atoms with Crippen molar-refractivity contribution in [2.24, 2.45) is 0 Å². The van der Waals surface area contributed by atoms with Gasteiger partial charge in [0.25, 0.3) is 0 Å². The number of Topliss-reactive ketones (excluding diaryl/α,β-unsaturated/α-hetero) is 1. The average Bonchev–Trinajstić information content (AvgIpc) is 2.10. The summed E-state index contributed by atoms with van der Waals surface area (Å²) in [6.45, 7) is 5.21. The first kappa shape index (κ1) is 10.7. The standard InChI is InChI=1S/C11H13FO2/c1-4-14-9-6-5-7(2)10(8(3)13)11(9)12/h5-6H,4H2,1-3H3. The smallest absolute Gasteiger partial charge is 0.176 e. The first-order valence-electron chi connectivity index (χ1n) is 4.50. The third-order valence-corrected chi connectivity index (χ3v) is 1.97. The first-order valence-corrected chi connectivity index (χ1v) is 4.50. The number of carbonyl (C=O) groups is 1. The summed E-state index contributed by atoms with van der Waals surface area (Å²) in [6, 6.07) is 3.23. The number of hydrogen-bond acceptors (Lipinski definition) is 2. The summed E-state index contributed by atoms with van der Waals surface area (Å²) in [4.78, 5) is 11.1. The van der Waals surface area contributed by atoms with E-state index in [9.17, 15) is 9.18 Å². The number of benzene rings is 1. The minimum atomic E-state index is -0.556. The Labute approximate surface area is 82.7 Å². The van der Waals surface area contributed by atoms with Crippen LogP contribution in [0.25, 0.3) is 0 Å². The van der Waals surface area contributed by atoms with Crippen LogP contribution in [0.2, 0.25) is 0 Å². The minimum Gasteiger partial charge on any atom is -0.491 e. The molecule has 0 aliphatic rings. The summed E-state index contributed by atoms with van der Waals surface area (Å²) in [6.07, 6.45) is 0. The molecule has 2 nitrogen and oxygen atoms in total. The second-order valence-corrected chi connectivity index (χ2v) is 3.06. The van der Waals surface area contributed by atoms with Crippen LogP contribution in [0.1, 0.15) is 29.8 Å². The van der Waals surface area contributed by atoms with Gasteiger partial charge in [0, 0.05) is 0 Å². The third kappa shape index (κ3) is 1.92. The SMILES string of the molecule is CCOc1ccc(C)c(C(C)=O)c1F. The van der Waals surface area contributed by atoms with Crippen LogP contribution in [0.3, 0.4) is 0 Å². The van der Waals surface area contributed by atoms with Gasteiger partial charge in [-0.1, -0.05) is 6.07 Å². The van der Waals surface area contributed by atoms with Crippen LogP contribution >= 0.6 is 0 Å². The lowest BCUT2D eigenvalue weighted by molar-refractivity contribution is 0.101. The monoisotopic (exact) mass is 196 g/mol. The van der Waals surface area contributed by atoms with Crippen molar-refractivity contribution in [3.63, 3.8) is 0 Å². The molecule has 76 valence electrons. The topological polar surface area (TPSA) is 26.3 Å². The number of halogens is 1. The molecule has 0 aromatic heterocycles. The van der Waals surface area contributed by atoms with E-state index in [1.165, 1.54) is 6.92 Å². The van der Waals surface area contributed by atoms with Crippen LogP contribution in [0.15, 0.2) is 12.1 Å². The van der Waals surface area contributed by atoms with Gasteiger partial charge in [-0.15, -0.1) is 0 Å². The molecule has 0 fully saturated rings. The predicted molar refractivity (Wildman–Crippen MR) is 52.3 cm³/mol. The van der Waals surface area contributed by atoms with Gasteiger partial charge >= 0.3 is 0 Å². The molecule has 0 N–H and O–H groups in total. The van der Waals surface area contributed by atoms with E-state index in [-0.39, 0.29) is 17.1 Å². The zero-order chi connectivity index (χ0) is 10.7. The van der Waals surface area contributed by atoms with Gasteiger partial charge in [-0.25, -0.2) is 4.39 Å². The molecular weight excluding hydrogens is 183 g/mol. The molecule has 0 heterocycles. The summed E-state index contributed by atoms with van der Waals surface area (Å²) in [5.41, 5.74) is 0.759. The number of ketones is 1. The fraction of sp³-hybridized carbons (Fsp3) is 0.364. The highest BCUT2D eigenvalue weighted by Gasteiger charge is 2.15. The molecule has 1 aromatic carbocycles. The highest BCUT2D eigenvalue weighted by molar-refractivity contribution is 5.96. The van der Waals surface area contributed by atoms with Gasteiger partial charge in [0.05, 0.1) is 12.2 Å². The van der Waals surface area contributed by atoms with Crippen molar-refractivity contribution in [3.8, 4) is 5.75 Å². The number of aryl methyl sites for hydroxylation is 1. The minimum absolute atomic E-state index is 0.121. The van der Waals surface area contributed by atoms with Gasteiger partial charge in [-0.05, 0) is 32.4 Å². The van der Waals surface area contributed by atoms with E-state index in [4.69, 9.17) is 4.74 Å². The molecule has 0 spiro atoms. The van der Waals surface area contributed by atoms with Crippen LogP contribution in [-0.2, 0) is 0 Å². The highest BCUT2D eigenvalue weighted by Crippen LogP contribution is 2.23. The molecule has 1 aromatic rings. The van der Waals surface area contributed by atoms with Gasteiger partial charge in [-0.3, -0.25) is 4.79 Å². The predicted octanol–water partition coefficient (Wildman–Crippen LogP) is 2.74.